The molecule has 0 spiro atoms. The van der Waals surface area contributed by atoms with Crippen molar-refractivity contribution in [3.8, 4) is 22.3 Å². The van der Waals surface area contributed by atoms with E-state index in [1.54, 1.807) is 0 Å². The van der Waals surface area contributed by atoms with Gasteiger partial charge in [0.05, 0.1) is 0 Å². The molecule has 3 nitrogen and oxygen atoms in total. The number of allylic oxidation sites excluding steroid dienone is 10. The zero-order valence-corrected chi connectivity index (χ0v) is 31.8. The lowest BCUT2D eigenvalue weighted by Gasteiger charge is -2.27. The van der Waals surface area contributed by atoms with Crippen molar-refractivity contribution in [1.82, 2.24) is 0 Å². The van der Waals surface area contributed by atoms with Crippen LogP contribution in [0.2, 0.25) is 0 Å². The number of hydrogen-bond donors (Lipinski definition) is 1. The average Bonchev–Trinajstić information content (AvgIpc) is 3.55. The minimum atomic E-state index is 0.965. The third-order valence-electron chi connectivity index (χ3n) is 9.20. The summed E-state index contributed by atoms with van der Waals surface area (Å²) < 4.78 is 0. The van der Waals surface area contributed by atoms with Crippen LogP contribution in [0.4, 0.5) is 28.4 Å². The highest BCUT2D eigenvalue weighted by atomic mass is 31.0. The molecule has 0 saturated heterocycles. The van der Waals surface area contributed by atoms with Crippen LogP contribution >= 0.6 is 9.39 Å². The van der Waals surface area contributed by atoms with Crippen LogP contribution in [0.3, 0.4) is 0 Å². The molecule has 0 aliphatic heterocycles. The van der Waals surface area contributed by atoms with E-state index in [4.69, 9.17) is 0 Å². The molecule has 4 heteroatoms. The van der Waals surface area contributed by atoms with Gasteiger partial charge in [0.25, 0.3) is 0 Å². The molecule has 7 rings (SSSR count). The van der Waals surface area contributed by atoms with Gasteiger partial charge < -0.3 is 15.3 Å². The number of anilines is 5. The zero-order valence-electron chi connectivity index (χ0n) is 30.7. The van der Waals surface area contributed by atoms with Crippen LogP contribution in [0.25, 0.3) is 27.8 Å². The molecule has 54 heavy (non-hydrogen) atoms. The highest BCUT2D eigenvalue weighted by Gasteiger charge is 2.15. The van der Waals surface area contributed by atoms with Gasteiger partial charge in [0.1, 0.15) is 0 Å². The summed E-state index contributed by atoms with van der Waals surface area (Å²) in [5, 5.41) is 0. The number of para-hydroxylation sites is 1. The Morgan fingerprint density at radius 1 is 0.556 bits per heavy atom. The van der Waals surface area contributed by atoms with Gasteiger partial charge in [-0.15, -0.1) is 0 Å². The third-order valence-corrected chi connectivity index (χ3v) is 9.20. The molecule has 0 aromatic heterocycles. The highest BCUT2D eigenvalue weighted by Crippen LogP contribution is 2.38. The van der Waals surface area contributed by atoms with Crippen molar-refractivity contribution in [2.45, 2.75) is 13.3 Å². The first-order valence-corrected chi connectivity index (χ1v) is 18.8. The second-order valence-electron chi connectivity index (χ2n) is 12.6. The molecule has 0 saturated carbocycles. The molecule has 1 unspecified atom stereocenters. The topological polar surface area (TPSA) is 32.5 Å². The van der Waals surface area contributed by atoms with Gasteiger partial charge in [0.15, 0.2) is 0 Å². The smallest absolute Gasteiger partial charge is 0.0462 e. The Bertz CT molecular complexity index is 2250. The summed E-state index contributed by atoms with van der Waals surface area (Å²) in [6.07, 6.45) is 20.0. The molecule has 1 aliphatic carbocycles. The quantitative estimate of drug-likeness (QED) is 0.107. The van der Waals surface area contributed by atoms with Gasteiger partial charge in [0, 0.05) is 34.1 Å². The number of nitrogens with two attached hydrogens (primary N) is 1. The SMILES string of the molecule is C=C/C(=C\C=C/C)N(c1ccc(-c2ccccc2)cc1)c1ccc(-c2ccc(N(c3ccccc3)c3ccc(C4=CC=CCC=C4)cc3)cc2)cc1.NP. The Balaban J connectivity index is 0.00000245. The minimum Gasteiger partial charge on any atom is -0.314 e. The monoisotopic (exact) mass is 719 g/mol. The van der Waals surface area contributed by atoms with Gasteiger partial charge in [-0.1, -0.05) is 156 Å². The van der Waals surface area contributed by atoms with Crippen molar-refractivity contribution in [2.24, 2.45) is 5.50 Å². The van der Waals surface area contributed by atoms with Crippen LogP contribution in [0, 0.1) is 0 Å². The first kappa shape index (κ1) is 37.5. The van der Waals surface area contributed by atoms with Gasteiger partial charge in [-0.2, -0.15) is 0 Å². The Morgan fingerprint density at radius 2 is 1.00 bits per heavy atom. The lowest BCUT2D eigenvalue weighted by molar-refractivity contribution is 1.21. The molecule has 1 atom stereocenters. The van der Waals surface area contributed by atoms with E-state index in [-0.39, 0.29) is 0 Å². The fraction of sp³-hybridized carbons (Fsp3) is 0.0400. The van der Waals surface area contributed by atoms with Crippen molar-refractivity contribution in [2.75, 3.05) is 9.80 Å². The maximum absolute atomic E-state index is 4.42. The Hall–Kier alpha value is -6.25. The average molecular weight is 720 g/mol. The largest absolute Gasteiger partial charge is 0.314 e. The van der Waals surface area contributed by atoms with Crippen molar-refractivity contribution in [3.05, 3.63) is 230 Å². The van der Waals surface area contributed by atoms with Crippen molar-refractivity contribution >= 4 is 43.4 Å². The van der Waals surface area contributed by atoms with Gasteiger partial charge in [0.2, 0.25) is 0 Å². The maximum Gasteiger partial charge on any atom is 0.0462 e. The van der Waals surface area contributed by atoms with E-state index < -0.39 is 0 Å². The summed E-state index contributed by atoms with van der Waals surface area (Å²) in [6, 6.07) is 56.2. The molecule has 0 fully saturated rings. The fourth-order valence-electron chi connectivity index (χ4n) is 6.51. The number of benzene rings is 6. The molecule has 0 bridgehead atoms. The van der Waals surface area contributed by atoms with Crippen LogP contribution < -0.4 is 15.3 Å². The summed E-state index contributed by atoms with van der Waals surface area (Å²) in [4.78, 5) is 4.56. The van der Waals surface area contributed by atoms with Crippen molar-refractivity contribution in [1.29, 1.82) is 0 Å². The molecule has 0 radical (unpaired) electrons. The summed E-state index contributed by atoms with van der Waals surface area (Å²) in [7, 11) is 1.92. The molecule has 1 aliphatic rings. The zero-order chi connectivity index (χ0) is 37.5. The maximum atomic E-state index is 4.42. The highest BCUT2D eigenvalue weighted by molar-refractivity contribution is 7.13. The molecule has 0 amide bonds. The summed E-state index contributed by atoms with van der Waals surface area (Å²) >= 11 is 0. The van der Waals surface area contributed by atoms with Crippen molar-refractivity contribution < 1.29 is 0 Å². The summed E-state index contributed by atoms with van der Waals surface area (Å²) in [6.45, 7) is 6.18. The van der Waals surface area contributed by atoms with Gasteiger partial charge in [-0.05, 0) is 120 Å². The molecule has 0 heterocycles. The predicted octanol–water partition coefficient (Wildman–Crippen LogP) is 13.9. The number of hydrogen-bond acceptors (Lipinski definition) is 3. The minimum absolute atomic E-state index is 0.965. The lowest BCUT2D eigenvalue weighted by atomic mass is 10.0. The van der Waals surface area contributed by atoms with Crippen LogP contribution in [0.15, 0.2) is 225 Å². The van der Waals surface area contributed by atoms with E-state index in [9.17, 15) is 0 Å². The Labute approximate surface area is 323 Å². The molecular formula is C50H46N3P. The van der Waals surface area contributed by atoms with E-state index in [2.05, 4.69) is 216 Å². The first-order chi connectivity index (χ1) is 26.7. The van der Waals surface area contributed by atoms with E-state index in [1.165, 1.54) is 22.3 Å². The Morgan fingerprint density at radius 3 is 1.50 bits per heavy atom. The molecule has 6 aromatic rings. The standard InChI is InChI=1S/C50H42N2.H4NP/c1-3-5-20-45(4-2)51(47-31-23-41(24-32-47)40-18-12-8-13-19-40)48-33-27-43(28-34-48)44-29-37-50(38-30-44)52(46-21-14-9-15-22-46)49-35-25-42(26-36-49)39-16-10-6-7-11-17-39;1-2/h3-6,8-38H,2,7H2,1H3;1-2H2/b5-3-,45-20+;. The summed E-state index contributed by atoms with van der Waals surface area (Å²) in [5.41, 5.74) is 18.0. The van der Waals surface area contributed by atoms with Crippen LogP contribution in [0.5, 0.6) is 0 Å². The fourth-order valence-corrected chi connectivity index (χ4v) is 6.51. The second kappa shape index (κ2) is 19.0. The molecular weight excluding hydrogens is 674 g/mol. The van der Waals surface area contributed by atoms with E-state index in [1.807, 2.05) is 34.5 Å². The van der Waals surface area contributed by atoms with Crippen LogP contribution in [0.1, 0.15) is 18.9 Å². The number of nitrogens with zero attached hydrogens (tertiary/aromatic N) is 2. The van der Waals surface area contributed by atoms with Crippen molar-refractivity contribution in [3.63, 3.8) is 0 Å². The van der Waals surface area contributed by atoms with Gasteiger partial charge in [-0.3, -0.25) is 0 Å². The second-order valence-corrected chi connectivity index (χ2v) is 12.6. The lowest BCUT2D eigenvalue weighted by Crippen LogP contribution is -2.14. The Kier molecular flexibility index (Phi) is 13.2. The van der Waals surface area contributed by atoms with Gasteiger partial charge in [-0.25, -0.2) is 0 Å². The predicted molar refractivity (Wildman–Crippen MR) is 238 cm³/mol. The summed E-state index contributed by atoms with van der Waals surface area (Å²) in [5.74, 6) is 0. The van der Waals surface area contributed by atoms with E-state index in [0.29, 0.717) is 0 Å². The van der Waals surface area contributed by atoms with Gasteiger partial charge >= 0.3 is 0 Å². The van der Waals surface area contributed by atoms with E-state index >= 15 is 0 Å². The van der Waals surface area contributed by atoms with Crippen LogP contribution in [-0.4, -0.2) is 0 Å². The molecule has 2 N–H and O–H groups in total. The van der Waals surface area contributed by atoms with Crippen LogP contribution in [-0.2, 0) is 0 Å². The normalized spacial score (nSPS) is 12.4. The molecule has 6 aromatic carbocycles. The first-order valence-electron chi connectivity index (χ1n) is 18.2. The number of rotatable bonds is 11. The van der Waals surface area contributed by atoms with E-state index in [0.717, 1.165) is 51.7 Å². The molecule has 266 valence electrons. The third kappa shape index (κ3) is 9.03.